The first-order valence-corrected chi connectivity index (χ1v) is 8.79. The highest BCUT2D eigenvalue weighted by Gasteiger charge is 2.51. The molecular formula is C16H26N2OS. The zero-order valence-electron chi connectivity index (χ0n) is 12.2. The van der Waals surface area contributed by atoms with Crippen molar-refractivity contribution in [2.24, 2.45) is 17.8 Å². The largest absolute Gasteiger partial charge is 0.376 e. The van der Waals surface area contributed by atoms with Gasteiger partial charge >= 0.3 is 0 Å². The van der Waals surface area contributed by atoms with E-state index < -0.39 is 0 Å². The van der Waals surface area contributed by atoms with Gasteiger partial charge in [-0.2, -0.15) is 0 Å². The average Bonchev–Trinajstić information content (AvgIpc) is 2.87. The zero-order chi connectivity index (χ0) is 13.6. The third-order valence-electron chi connectivity index (χ3n) is 5.93. The molecule has 0 radical (unpaired) electrons. The maximum absolute atomic E-state index is 5.65. The molecule has 0 amide bonds. The zero-order valence-corrected chi connectivity index (χ0v) is 13.0. The topological polar surface area (TPSA) is 33.3 Å². The summed E-state index contributed by atoms with van der Waals surface area (Å²) in [5, 5.41) is 7.97. The molecule has 0 unspecified atom stereocenters. The standard InChI is InChI=1S/C16H26N2OS/c20-15(17-10-14-2-1-3-19-14)18-16-7-11-4-12(8-16)6-13(5-11)9-16/h11-14H,1-10H2,(H2,17,18,20)/t11?,12?,13?,14-,16?/m0/s1. The summed E-state index contributed by atoms with van der Waals surface area (Å²) in [7, 11) is 0. The molecule has 5 fully saturated rings. The van der Waals surface area contributed by atoms with Crippen molar-refractivity contribution >= 4 is 17.3 Å². The van der Waals surface area contributed by atoms with Crippen LogP contribution in [-0.2, 0) is 4.74 Å². The van der Waals surface area contributed by atoms with Gasteiger partial charge in [0.15, 0.2) is 5.11 Å². The Hall–Kier alpha value is -0.350. The first-order valence-electron chi connectivity index (χ1n) is 8.38. The maximum Gasteiger partial charge on any atom is 0.166 e. The summed E-state index contributed by atoms with van der Waals surface area (Å²) in [6.45, 7) is 1.79. The van der Waals surface area contributed by atoms with Gasteiger partial charge in [-0.15, -0.1) is 0 Å². The van der Waals surface area contributed by atoms with Crippen LogP contribution in [0.3, 0.4) is 0 Å². The van der Waals surface area contributed by atoms with Crippen molar-refractivity contribution in [1.82, 2.24) is 10.6 Å². The van der Waals surface area contributed by atoms with E-state index in [2.05, 4.69) is 10.6 Å². The summed E-state index contributed by atoms with van der Waals surface area (Å²) in [5.41, 5.74) is 0.329. The van der Waals surface area contributed by atoms with Crippen molar-refractivity contribution in [3.05, 3.63) is 0 Å². The molecule has 20 heavy (non-hydrogen) atoms. The Bertz CT molecular complexity index is 357. The lowest BCUT2D eigenvalue weighted by Gasteiger charge is -2.57. The van der Waals surface area contributed by atoms with E-state index in [1.54, 1.807) is 0 Å². The monoisotopic (exact) mass is 294 g/mol. The number of hydrogen-bond donors (Lipinski definition) is 2. The minimum absolute atomic E-state index is 0.329. The fourth-order valence-electron chi connectivity index (χ4n) is 5.56. The highest BCUT2D eigenvalue weighted by atomic mass is 32.1. The van der Waals surface area contributed by atoms with Gasteiger partial charge in [-0.3, -0.25) is 0 Å². The van der Waals surface area contributed by atoms with Crippen molar-refractivity contribution in [1.29, 1.82) is 0 Å². The van der Waals surface area contributed by atoms with E-state index in [9.17, 15) is 0 Å². The van der Waals surface area contributed by atoms with Crippen molar-refractivity contribution in [3.63, 3.8) is 0 Å². The summed E-state index contributed by atoms with van der Waals surface area (Å²) in [5.74, 6) is 2.90. The lowest BCUT2D eigenvalue weighted by molar-refractivity contribution is -0.0102. The smallest absolute Gasteiger partial charge is 0.166 e. The molecule has 2 N–H and O–H groups in total. The Morgan fingerprint density at radius 1 is 1.10 bits per heavy atom. The van der Waals surface area contributed by atoms with Crippen LogP contribution in [0.4, 0.5) is 0 Å². The highest BCUT2D eigenvalue weighted by molar-refractivity contribution is 7.80. The van der Waals surface area contributed by atoms with Crippen LogP contribution >= 0.6 is 12.2 Å². The molecule has 112 valence electrons. The summed E-state index contributed by atoms with van der Waals surface area (Å²) < 4.78 is 5.65. The second-order valence-corrected chi connectivity index (χ2v) is 8.08. The van der Waals surface area contributed by atoms with Gasteiger partial charge in [-0.1, -0.05) is 0 Å². The molecule has 4 saturated carbocycles. The molecule has 4 heteroatoms. The minimum Gasteiger partial charge on any atom is -0.376 e. The van der Waals surface area contributed by atoms with E-state index in [0.29, 0.717) is 11.6 Å². The van der Waals surface area contributed by atoms with Crippen molar-refractivity contribution in [2.75, 3.05) is 13.2 Å². The minimum atomic E-state index is 0.329. The van der Waals surface area contributed by atoms with E-state index in [-0.39, 0.29) is 0 Å². The van der Waals surface area contributed by atoms with Gasteiger partial charge < -0.3 is 15.4 Å². The van der Waals surface area contributed by atoms with Crippen LogP contribution in [-0.4, -0.2) is 29.9 Å². The quantitative estimate of drug-likeness (QED) is 0.784. The van der Waals surface area contributed by atoms with Gasteiger partial charge in [0.1, 0.15) is 0 Å². The van der Waals surface area contributed by atoms with Crippen LogP contribution in [0, 0.1) is 17.8 Å². The van der Waals surface area contributed by atoms with Crippen LogP contribution in [0.15, 0.2) is 0 Å². The molecule has 4 bridgehead atoms. The van der Waals surface area contributed by atoms with Crippen LogP contribution < -0.4 is 10.6 Å². The Labute approximate surface area is 127 Å². The first kappa shape index (κ1) is 13.3. The van der Waals surface area contributed by atoms with E-state index in [4.69, 9.17) is 17.0 Å². The molecular weight excluding hydrogens is 268 g/mol. The van der Waals surface area contributed by atoms with Gasteiger partial charge in [-0.05, 0) is 81.3 Å². The van der Waals surface area contributed by atoms with Crippen molar-refractivity contribution < 1.29 is 4.74 Å². The Balaban J connectivity index is 1.32. The summed E-state index contributed by atoms with van der Waals surface area (Å²) >= 11 is 5.55. The van der Waals surface area contributed by atoms with Crippen LogP contribution in [0.5, 0.6) is 0 Å². The van der Waals surface area contributed by atoms with E-state index in [0.717, 1.165) is 36.0 Å². The predicted molar refractivity (Wildman–Crippen MR) is 83.6 cm³/mol. The summed E-state index contributed by atoms with van der Waals surface area (Å²) in [6, 6.07) is 0. The van der Waals surface area contributed by atoms with E-state index in [1.807, 2.05) is 0 Å². The molecule has 0 aromatic carbocycles. The molecule has 1 atom stereocenters. The van der Waals surface area contributed by atoms with Crippen molar-refractivity contribution in [2.45, 2.75) is 63.0 Å². The molecule has 0 aromatic rings. The van der Waals surface area contributed by atoms with E-state index >= 15 is 0 Å². The van der Waals surface area contributed by atoms with Crippen molar-refractivity contribution in [3.8, 4) is 0 Å². The average molecular weight is 294 g/mol. The molecule has 1 aliphatic heterocycles. The van der Waals surface area contributed by atoms with Gasteiger partial charge in [-0.25, -0.2) is 0 Å². The normalized spacial score (nSPS) is 45.6. The van der Waals surface area contributed by atoms with E-state index in [1.165, 1.54) is 51.4 Å². The Kier molecular flexibility index (Phi) is 3.42. The summed E-state index contributed by atoms with van der Waals surface area (Å²) in [6.07, 6.45) is 11.2. The van der Waals surface area contributed by atoms with Crippen LogP contribution in [0.25, 0.3) is 0 Å². The van der Waals surface area contributed by atoms with Crippen LogP contribution in [0.2, 0.25) is 0 Å². The first-order chi connectivity index (χ1) is 9.71. The van der Waals surface area contributed by atoms with Gasteiger partial charge in [0.2, 0.25) is 0 Å². The van der Waals surface area contributed by atoms with Crippen LogP contribution in [0.1, 0.15) is 51.4 Å². The summed E-state index contributed by atoms with van der Waals surface area (Å²) in [4.78, 5) is 0. The molecule has 0 aromatic heterocycles. The second-order valence-electron chi connectivity index (χ2n) is 7.67. The number of nitrogens with one attached hydrogen (secondary N) is 2. The number of hydrogen-bond acceptors (Lipinski definition) is 2. The second kappa shape index (κ2) is 5.13. The SMILES string of the molecule is S=C(NC[C@@H]1CCCO1)NC12CC3CC(CC(C3)C1)C2. The lowest BCUT2D eigenvalue weighted by Crippen LogP contribution is -2.61. The number of ether oxygens (including phenoxy) is 1. The fraction of sp³-hybridized carbons (Fsp3) is 0.938. The predicted octanol–water partition coefficient (Wildman–Crippen LogP) is 2.60. The lowest BCUT2D eigenvalue weighted by atomic mass is 9.53. The molecule has 3 nitrogen and oxygen atoms in total. The molecule has 0 spiro atoms. The molecule has 1 saturated heterocycles. The highest BCUT2D eigenvalue weighted by Crippen LogP contribution is 2.55. The van der Waals surface area contributed by atoms with Gasteiger partial charge in [0, 0.05) is 18.7 Å². The maximum atomic E-state index is 5.65. The third-order valence-corrected chi connectivity index (χ3v) is 6.18. The molecule has 1 heterocycles. The Morgan fingerprint density at radius 2 is 1.75 bits per heavy atom. The number of rotatable bonds is 3. The van der Waals surface area contributed by atoms with Gasteiger partial charge in [0.25, 0.3) is 0 Å². The third kappa shape index (κ3) is 2.57. The van der Waals surface area contributed by atoms with Gasteiger partial charge in [0.05, 0.1) is 6.10 Å². The molecule has 4 aliphatic carbocycles. The molecule has 5 aliphatic rings. The Morgan fingerprint density at radius 3 is 2.30 bits per heavy atom. The number of thiocarbonyl (C=S) groups is 1. The fourth-order valence-corrected chi connectivity index (χ4v) is 5.86. The molecule has 5 rings (SSSR count).